The van der Waals surface area contributed by atoms with Gasteiger partial charge in [0.1, 0.15) is 18.1 Å². The Balaban J connectivity index is 1.56. The average Bonchev–Trinajstić information content (AvgIpc) is 2.78. The molecule has 0 spiro atoms. The molecule has 3 aromatic rings. The Kier molecular flexibility index (Phi) is 8.69. The third-order valence-corrected chi connectivity index (χ3v) is 5.87. The molecule has 0 unspecified atom stereocenters. The van der Waals surface area contributed by atoms with Crippen LogP contribution in [0.3, 0.4) is 0 Å². The number of nitrogens with zero attached hydrogens (tertiary/aromatic N) is 1. The molecule has 0 atom stereocenters. The summed E-state index contributed by atoms with van der Waals surface area (Å²) in [7, 11) is 0. The first-order valence-electron chi connectivity index (χ1n) is 10.4. The summed E-state index contributed by atoms with van der Waals surface area (Å²) in [5, 5.41) is 4.06. The second-order valence-corrected chi connectivity index (χ2v) is 10.2. The average molecular weight is 574 g/mol. The minimum Gasteiger partial charge on any atom is -0.488 e. The molecule has 0 aliphatic heterocycles. The van der Waals surface area contributed by atoms with E-state index in [1.54, 1.807) is 6.21 Å². The fourth-order valence-corrected chi connectivity index (χ4v) is 3.79. The first-order valence-corrected chi connectivity index (χ1v) is 12.0. The molecule has 33 heavy (non-hydrogen) atoms. The van der Waals surface area contributed by atoms with Crippen molar-refractivity contribution in [3.8, 4) is 11.5 Å². The van der Waals surface area contributed by atoms with Gasteiger partial charge in [0.05, 0.1) is 10.7 Å². The van der Waals surface area contributed by atoms with E-state index in [9.17, 15) is 4.79 Å². The van der Waals surface area contributed by atoms with E-state index in [2.05, 4.69) is 63.2 Å². The van der Waals surface area contributed by atoms with Crippen LogP contribution in [0.5, 0.6) is 11.5 Å². The van der Waals surface area contributed by atoms with E-state index >= 15 is 0 Å². The fraction of sp³-hybridized carbons (Fsp3) is 0.231. The molecule has 0 saturated heterocycles. The molecule has 7 heteroatoms. The number of rotatable bonds is 8. The van der Waals surface area contributed by atoms with Crippen molar-refractivity contribution in [1.82, 2.24) is 5.43 Å². The number of hydrogen-bond donors (Lipinski definition) is 1. The third kappa shape index (κ3) is 7.72. The predicted octanol–water partition coefficient (Wildman–Crippen LogP) is 6.62. The summed E-state index contributed by atoms with van der Waals surface area (Å²) in [6, 6.07) is 21.4. The summed E-state index contributed by atoms with van der Waals surface area (Å²) >= 11 is 6.97. The van der Waals surface area contributed by atoms with Gasteiger partial charge in [0.15, 0.2) is 6.61 Å². The van der Waals surface area contributed by atoms with Gasteiger partial charge in [0.2, 0.25) is 0 Å². The molecule has 5 nitrogen and oxygen atoms in total. The van der Waals surface area contributed by atoms with E-state index in [1.165, 1.54) is 5.56 Å². The first-order chi connectivity index (χ1) is 15.7. The van der Waals surface area contributed by atoms with E-state index < -0.39 is 0 Å². The van der Waals surface area contributed by atoms with E-state index in [0.717, 1.165) is 20.1 Å². The van der Waals surface area contributed by atoms with E-state index in [4.69, 9.17) is 9.47 Å². The number of ether oxygens (including phenoxy) is 2. The Bertz CT molecular complexity index is 1130. The van der Waals surface area contributed by atoms with Crippen LogP contribution in [0.25, 0.3) is 0 Å². The summed E-state index contributed by atoms with van der Waals surface area (Å²) in [5.74, 6) is 0.907. The lowest BCUT2D eigenvalue weighted by Gasteiger charge is -2.20. The smallest absolute Gasteiger partial charge is 0.277 e. The number of carbonyl (C=O) groups is 1. The van der Waals surface area contributed by atoms with Crippen molar-refractivity contribution >= 4 is 44.0 Å². The van der Waals surface area contributed by atoms with Crippen LogP contribution < -0.4 is 14.9 Å². The second-order valence-electron chi connectivity index (χ2n) is 8.43. The molecule has 0 radical (unpaired) electrons. The molecule has 172 valence electrons. The van der Waals surface area contributed by atoms with Crippen LogP contribution in [0.4, 0.5) is 0 Å². The van der Waals surface area contributed by atoms with Crippen molar-refractivity contribution in [2.24, 2.45) is 5.10 Å². The summed E-state index contributed by atoms with van der Waals surface area (Å²) in [5.41, 5.74) is 5.51. The highest BCUT2D eigenvalue weighted by Gasteiger charge is 2.15. The van der Waals surface area contributed by atoms with Crippen LogP contribution in [0.2, 0.25) is 0 Å². The lowest BCUT2D eigenvalue weighted by Crippen LogP contribution is -2.24. The molecule has 3 aromatic carbocycles. The van der Waals surface area contributed by atoms with Crippen LogP contribution in [0.1, 0.15) is 37.5 Å². The molecule has 0 bridgehead atoms. The summed E-state index contributed by atoms with van der Waals surface area (Å²) < 4.78 is 13.3. The maximum Gasteiger partial charge on any atom is 0.277 e. The number of hydrazone groups is 1. The lowest BCUT2D eigenvalue weighted by molar-refractivity contribution is -0.123. The molecule has 0 aromatic heterocycles. The van der Waals surface area contributed by atoms with Gasteiger partial charge < -0.3 is 9.47 Å². The highest BCUT2D eigenvalue weighted by Crippen LogP contribution is 2.31. The summed E-state index contributed by atoms with van der Waals surface area (Å²) in [4.78, 5) is 12.2. The molecule has 1 N–H and O–H groups in total. The van der Waals surface area contributed by atoms with Crippen molar-refractivity contribution in [2.45, 2.75) is 32.8 Å². The highest BCUT2D eigenvalue weighted by atomic mass is 79.9. The van der Waals surface area contributed by atoms with Gasteiger partial charge >= 0.3 is 0 Å². The number of amides is 1. The van der Waals surface area contributed by atoms with Crippen LogP contribution in [-0.4, -0.2) is 18.7 Å². The molecule has 0 heterocycles. The van der Waals surface area contributed by atoms with Gasteiger partial charge in [-0.25, -0.2) is 5.43 Å². The lowest BCUT2D eigenvalue weighted by atomic mass is 9.87. The van der Waals surface area contributed by atoms with Crippen LogP contribution in [-0.2, 0) is 16.8 Å². The van der Waals surface area contributed by atoms with Crippen molar-refractivity contribution in [3.63, 3.8) is 0 Å². The molecule has 0 aliphatic rings. The van der Waals surface area contributed by atoms with E-state index in [0.29, 0.717) is 18.1 Å². The maximum absolute atomic E-state index is 12.2. The molecular formula is C26H26Br2N2O3. The van der Waals surface area contributed by atoms with Crippen molar-refractivity contribution in [3.05, 3.63) is 92.4 Å². The summed E-state index contributed by atoms with van der Waals surface area (Å²) in [6.45, 7) is 6.71. The normalized spacial score (nSPS) is 11.4. The quantitative estimate of drug-likeness (QED) is 0.243. The maximum atomic E-state index is 12.2. The predicted molar refractivity (Wildman–Crippen MR) is 139 cm³/mol. The van der Waals surface area contributed by atoms with Crippen molar-refractivity contribution < 1.29 is 14.3 Å². The second kappa shape index (κ2) is 11.5. The van der Waals surface area contributed by atoms with Crippen molar-refractivity contribution in [1.29, 1.82) is 0 Å². The number of halogens is 2. The Morgan fingerprint density at radius 1 is 0.970 bits per heavy atom. The third-order valence-electron chi connectivity index (χ3n) is 4.76. The van der Waals surface area contributed by atoms with E-state index in [1.807, 2.05) is 66.7 Å². The van der Waals surface area contributed by atoms with Gasteiger partial charge in [0.25, 0.3) is 5.91 Å². The highest BCUT2D eigenvalue weighted by molar-refractivity contribution is 9.10. The van der Waals surface area contributed by atoms with Crippen LogP contribution >= 0.6 is 31.9 Å². The molecular weight excluding hydrogens is 548 g/mol. The monoisotopic (exact) mass is 572 g/mol. The Hall–Kier alpha value is -2.64. The minimum atomic E-state index is -0.361. The standard InChI is InChI=1S/C26H26Br2N2O3/c1-26(2,3)20-9-11-24(22(28)14-20)33-17-25(31)30-29-15-19-13-21(27)10-12-23(19)32-16-18-7-5-4-6-8-18/h4-15H,16-17H2,1-3H3,(H,30,31)/b29-15+. The zero-order chi connectivity index (χ0) is 23.8. The van der Waals surface area contributed by atoms with Gasteiger partial charge in [-0.3, -0.25) is 4.79 Å². The molecule has 3 rings (SSSR count). The van der Waals surface area contributed by atoms with Crippen LogP contribution in [0, 0.1) is 0 Å². The summed E-state index contributed by atoms with van der Waals surface area (Å²) in [6.07, 6.45) is 1.55. The molecule has 0 fully saturated rings. The number of nitrogens with one attached hydrogen (secondary N) is 1. The van der Waals surface area contributed by atoms with Crippen molar-refractivity contribution in [2.75, 3.05) is 6.61 Å². The number of benzene rings is 3. The molecule has 0 saturated carbocycles. The van der Waals surface area contributed by atoms with Gasteiger partial charge in [-0.05, 0) is 62.8 Å². The zero-order valence-corrected chi connectivity index (χ0v) is 21.9. The largest absolute Gasteiger partial charge is 0.488 e. The topological polar surface area (TPSA) is 59.9 Å². The molecule has 0 aliphatic carbocycles. The SMILES string of the molecule is CC(C)(C)c1ccc(OCC(=O)N/N=C/c2cc(Br)ccc2OCc2ccccc2)c(Br)c1. The van der Waals surface area contributed by atoms with E-state index in [-0.39, 0.29) is 17.9 Å². The first kappa shape index (κ1) is 25.0. The Morgan fingerprint density at radius 3 is 2.39 bits per heavy atom. The van der Waals surface area contributed by atoms with Gasteiger partial charge in [-0.2, -0.15) is 5.10 Å². The Morgan fingerprint density at radius 2 is 1.70 bits per heavy atom. The Labute approximate surface area is 211 Å². The molecule has 1 amide bonds. The van der Waals surface area contributed by atoms with Gasteiger partial charge in [-0.15, -0.1) is 0 Å². The zero-order valence-electron chi connectivity index (χ0n) is 18.8. The number of hydrogen-bond acceptors (Lipinski definition) is 4. The van der Waals surface area contributed by atoms with Gasteiger partial charge in [-0.1, -0.05) is 73.1 Å². The minimum absolute atomic E-state index is 0.0310. The van der Waals surface area contributed by atoms with Gasteiger partial charge in [0, 0.05) is 10.0 Å². The van der Waals surface area contributed by atoms with Crippen LogP contribution in [0.15, 0.2) is 80.8 Å². The number of carbonyl (C=O) groups excluding carboxylic acids is 1. The fourth-order valence-electron chi connectivity index (χ4n) is 2.92.